The summed E-state index contributed by atoms with van der Waals surface area (Å²) in [6, 6.07) is 0. The molecule has 3 aliphatic rings. The van der Waals surface area contributed by atoms with Crippen LogP contribution >= 0.6 is 0 Å². The average Bonchev–Trinajstić information content (AvgIpc) is 2.99. The molecule has 2 bridgehead atoms. The number of rotatable bonds is 4. The van der Waals surface area contributed by atoms with Gasteiger partial charge in [-0.2, -0.15) is 0 Å². The van der Waals surface area contributed by atoms with Crippen LogP contribution in [0.4, 0.5) is 0 Å². The Morgan fingerprint density at radius 2 is 1.94 bits per heavy atom. The van der Waals surface area contributed by atoms with Crippen molar-refractivity contribution >= 4 is 0 Å². The van der Waals surface area contributed by atoms with Crippen molar-refractivity contribution in [3.05, 3.63) is 12.2 Å². The van der Waals surface area contributed by atoms with Crippen LogP contribution in [-0.4, -0.2) is 30.7 Å². The molecule has 1 saturated carbocycles. The molecule has 3 rings (SSSR count). The molecule has 0 amide bonds. The first kappa shape index (κ1) is 15.5. The molecule has 1 N–H and O–H groups in total. The van der Waals surface area contributed by atoms with E-state index in [0.29, 0.717) is 11.8 Å². The Balaban J connectivity index is 0.00000120. The van der Waals surface area contributed by atoms with E-state index >= 15 is 0 Å². The Morgan fingerprint density at radius 1 is 1.17 bits per heavy atom. The zero-order valence-corrected chi connectivity index (χ0v) is 15.6. The molecule has 0 aromatic heterocycles. The van der Waals surface area contributed by atoms with Gasteiger partial charge in [-0.15, -0.1) is 0 Å². The second-order valence-electron chi connectivity index (χ2n) is 5.61. The third kappa shape index (κ3) is 3.58. The van der Waals surface area contributed by atoms with Crippen LogP contribution in [0.3, 0.4) is 0 Å². The number of ether oxygens (including phenoxy) is 2. The second kappa shape index (κ2) is 7.18. The number of aliphatic hydroxyl groups excluding tert-OH is 1. The van der Waals surface area contributed by atoms with Crippen molar-refractivity contribution < 1.29 is 58.6 Å². The van der Waals surface area contributed by atoms with Gasteiger partial charge in [0, 0.05) is 50.5 Å². The van der Waals surface area contributed by atoms with Crippen LogP contribution in [0.15, 0.2) is 12.2 Å². The first-order valence-corrected chi connectivity index (χ1v) is 6.92. The van der Waals surface area contributed by atoms with Crippen LogP contribution in [0.5, 0.6) is 0 Å². The molecule has 4 unspecified atom stereocenters. The first-order chi connectivity index (χ1) is 8.33. The summed E-state index contributed by atoms with van der Waals surface area (Å²) in [4.78, 5) is 0. The Labute approximate surface area is 145 Å². The summed E-state index contributed by atoms with van der Waals surface area (Å²) >= 11 is 0. The summed E-state index contributed by atoms with van der Waals surface area (Å²) in [7, 11) is 0. The summed E-state index contributed by atoms with van der Waals surface area (Å²) in [6.45, 7) is 1.61. The van der Waals surface area contributed by atoms with E-state index in [1.807, 2.05) is 0 Å². The van der Waals surface area contributed by atoms with E-state index in [0.717, 1.165) is 38.4 Å². The van der Waals surface area contributed by atoms with Crippen molar-refractivity contribution in [3.8, 4) is 0 Å². The van der Waals surface area contributed by atoms with Gasteiger partial charge >= 0.3 is 0 Å². The standard InChI is InChI=1S/C14H22O3.Ac/c15-13(4-5-14-16-6-1-7-17-14)12-9-10-2-3-11(12)8-10;/h2-3,10-15H,1,4-9H2;. The molecule has 0 aromatic rings. The zero-order valence-electron chi connectivity index (χ0n) is 10.8. The van der Waals surface area contributed by atoms with Gasteiger partial charge in [-0.3, -0.25) is 0 Å². The summed E-state index contributed by atoms with van der Waals surface area (Å²) in [5.41, 5.74) is 0. The largest absolute Gasteiger partial charge is 0.393 e. The zero-order chi connectivity index (χ0) is 11.7. The molecule has 1 saturated heterocycles. The SMILES string of the molecule is OC(CCC1OCCCO1)C1CC2C=CC1C2.[Ac]. The maximum absolute atomic E-state index is 10.3. The van der Waals surface area contributed by atoms with Gasteiger partial charge in [0.1, 0.15) is 0 Å². The molecule has 1 heterocycles. The predicted octanol–water partition coefficient (Wildman–Crippen LogP) is 2.10. The van der Waals surface area contributed by atoms with Crippen molar-refractivity contribution in [2.45, 2.75) is 44.5 Å². The van der Waals surface area contributed by atoms with Gasteiger partial charge < -0.3 is 14.6 Å². The maximum Gasteiger partial charge on any atom is 0.157 e. The summed E-state index contributed by atoms with van der Waals surface area (Å²) in [6.07, 6.45) is 9.45. The van der Waals surface area contributed by atoms with Crippen LogP contribution in [0, 0.1) is 61.8 Å². The van der Waals surface area contributed by atoms with Crippen molar-refractivity contribution in [2.24, 2.45) is 17.8 Å². The fourth-order valence-electron chi connectivity index (χ4n) is 3.49. The van der Waals surface area contributed by atoms with Crippen LogP contribution < -0.4 is 0 Å². The van der Waals surface area contributed by atoms with Crippen molar-refractivity contribution in [1.82, 2.24) is 0 Å². The average molecular weight is 465 g/mol. The molecule has 4 heteroatoms. The van der Waals surface area contributed by atoms with Gasteiger partial charge in [0.2, 0.25) is 0 Å². The number of fused-ring (bicyclic) bond motifs is 2. The second-order valence-corrected chi connectivity index (χ2v) is 5.61. The molecule has 99 valence electrons. The minimum Gasteiger partial charge on any atom is -0.393 e. The van der Waals surface area contributed by atoms with Gasteiger partial charge in [-0.25, -0.2) is 0 Å². The summed E-state index contributed by atoms with van der Waals surface area (Å²) in [5.74, 6) is 1.85. The van der Waals surface area contributed by atoms with Crippen LogP contribution in [0.2, 0.25) is 0 Å². The summed E-state index contributed by atoms with van der Waals surface area (Å²) < 4.78 is 11.0. The van der Waals surface area contributed by atoms with Crippen LogP contribution in [0.1, 0.15) is 32.1 Å². The molecule has 2 aliphatic carbocycles. The van der Waals surface area contributed by atoms with Gasteiger partial charge in [-0.05, 0) is 43.4 Å². The third-order valence-electron chi connectivity index (χ3n) is 4.42. The summed E-state index contributed by atoms with van der Waals surface area (Å²) in [5, 5.41) is 10.3. The number of allylic oxidation sites excluding steroid dienone is 2. The Morgan fingerprint density at radius 3 is 2.56 bits per heavy atom. The molecular weight excluding hydrogens is 443 g/mol. The molecule has 4 atom stereocenters. The normalized spacial score (nSPS) is 36.6. The number of hydrogen-bond donors (Lipinski definition) is 1. The minimum atomic E-state index is -0.177. The molecule has 3 nitrogen and oxygen atoms in total. The molecule has 18 heavy (non-hydrogen) atoms. The Kier molecular flexibility index (Phi) is 6.16. The molecule has 1 aliphatic heterocycles. The number of hydrogen-bond acceptors (Lipinski definition) is 3. The fourth-order valence-corrected chi connectivity index (χ4v) is 3.49. The minimum absolute atomic E-state index is 0. The first-order valence-electron chi connectivity index (χ1n) is 6.92. The van der Waals surface area contributed by atoms with E-state index in [2.05, 4.69) is 12.2 Å². The van der Waals surface area contributed by atoms with E-state index in [-0.39, 0.29) is 56.5 Å². The van der Waals surface area contributed by atoms with E-state index in [1.165, 1.54) is 12.8 Å². The Hall–Kier alpha value is 1.06. The van der Waals surface area contributed by atoms with E-state index in [9.17, 15) is 5.11 Å². The fraction of sp³-hybridized carbons (Fsp3) is 0.857. The topological polar surface area (TPSA) is 38.7 Å². The maximum atomic E-state index is 10.3. The van der Waals surface area contributed by atoms with E-state index in [1.54, 1.807) is 0 Å². The van der Waals surface area contributed by atoms with Gasteiger partial charge in [0.25, 0.3) is 0 Å². The predicted molar refractivity (Wildman–Crippen MR) is 64.4 cm³/mol. The van der Waals surface area contributed by atoms with Gasteiger partial charge in [0.15, 0.2) is 6.29 Å². The third-order valence-corrected chi connectivity index (χ3v) is 4.42. The van der Waals surface area contributed by atoms with Crippen LogP contribution in [0.25, 0.3) is 0 Å². The molecule has 0 aromatic carbocycles. The smallest absolute Gasteiger partial charge is 0.157 e. The van der Waals surface area contributed by atoms with Crippen molar-refractivity contribution in [3.63, 3.8) is 0 Å². The van der Waals surface area contributed by atoms with Gasteiger partial charge in [-0.1, -0.05) is 12.2 Å². The number of aliphatic hydroxyl groups is 1. The van der Waals surface area contributed by atoms with Crippen molar-refractivity contribution in [2.75, 3.05) is 13.2 Å². The van der Waals surface area contributed by atoms with Gasteiger partial charge in [0.05, 0.1) is 19.3 Å². The molecule has 0 spiro atoms. The van der Waals surface area contributed by atoms with E-state index < -0.39 is 0 Å². The van der Waals surface area contributed by atoms with Crippen LogP contribution in [-0.2, 0) is 9.47 Å². The Bertz CT molecular complexity index is 289. The molecular formula is C14H22AcO3. The molecule has 2 fully saturated rings. The molecule has 1 radical (unpaired) electrons. The van der Waals surface area contributed by atoms with E-state index in [4.69, 9.17) is 9.47 Å². The quantitative estimate of drug-likeness (QED) is 0.647. The van der Waals surface area contributed by atoms with Crippen molar-refractivity contribution in [1.29, 1.82) is 0 Å². The monoisotopic (exact) mass is 465 g/mol.